The molecular formula is C18H27N5. The van der Waals surface area contributed by atoms with E-state index in [4.69, 9.17) is 9.97 Å². The zero-order valence-corrected chi connectivity index (χ0v) is 14.3. The van der Waals surface area contributed by atoms with Gasteiger partial charge in [-0.3, -0.25) is 14.4 Å². The van der Waals surface area contributed by atoms with Crippen LogP contribution in [0.5, 0.6) is 0 Å². The Balaban J connectivity index is 1.85. The van der Waals surface area contributed by atoms with Crippen LogP contribution in [0.3, 0.4) is 0 Å². The number of likely N-dealkylation sites (tertiary alicyclic amines) is 2. The van der Waals surface area contributed by atoms with E-state index in [1.54, 1.807) is 0 Å². The van der Waals surface area contributed by atoms with Gasteiger partial charge in [-0.1, -0.05) is 6.92 Å². The third-order valence-electron chi connectivity index (χ3n) is 5.58. The van der Waals surface area contributed by atoms with Gasteiger partial charge in [0.25, 0.3) is 0 Å². The van der Waals surface area contributed by atoms with Gasteiger partial charge in [0.1, 0.15) is 11.3 Å². The minimum absolute atomic E-state index is 0.414. The number of aromatic nitrogens is 3. The summed E-state index contributed by atoms with van der Waals surface area (Å²) in [6, 6.07) is 4.54. The molecule has 0 spiro atoms. The molecule has 5 heteroatoms. The molecule has 0 bridgehead atoms. The van der Waals surface area contributed by atoms with Gasteiger partial charge in [0.05, 0.1) is 12.2 Å². The molecule has 2 aliphatic rings. The number of piperidine rings is 1. The van der Waals surface area contributed by atoms with E-state index in [0.29, 0.717) is 12.2 Å². The topological polar surface area (TPSA) is 37.2 Å². The van der Waals surface area contributed by atoms with Crippen LogP contribution in [0, 0.1) is 0 Å². The molecule has 5 nitrogen and oxygen atoms in total. The standard InChI is InChI=1S/C18H27N5/c1-3-22-13-5-4-10-16(22)23-17-14(8-6-11-19-17)20-18(23)15-9-7-12-21(15)2/h6,8,11,15-16H,3-5,7,9-10,12-13H2,1-2H3. The third kappa shape index (κ3) is 2.56. The molecule has 0 saturated carbocycles. The van der Waals surface area contributed by atoms with E-state index in [1.165, 1.54) is 51.0 Å². The summed E-state index contributed by atoms with van der Waals surface area (Å²) in [5, 5.41) is 0. The lowest BCUT2D eigenvalue weighted by atomic mass is 10.1. The Bertz CT molecular complexity index is 679. The highest BCUT2D eigenvalue weighted by Gasteiger charge is 2.33. The van der Waals surface area contributed by atoms with Gasteiger partial charge in [0.2, 0.25) is 0 Å². The largest absolute Gasteiger partial charge is 0.297 e. The number of nitrogens with zero attached hydrogens (tertiary/aromatic N) is 5. The molecular weight excluding hydrogens is 286 g/mol. The third-order valence-corrected chi connectivity index (χ3v) is 5.58. The Morgan fingerprint density at radius 3 is 2.87 bits per heavy atom. The number of fused-ring (bicyclic) bond motifs is 1. The Morgan fingerprint density at radius 2 is 2.09 bits per heavy atom. The van der Waals surface area contributed by atoms with Crippen molar-refractivity contribution >= 4 is 11.2 Å². The quantitative estimate of drug-likeness (QED) is 0.872. The summed E-state index contributed by atoms with van der Waals surface area (Å²) in [4.78, 5) is 14.8. The lowest BCUT2D eigenvalue weighted by molar-refractivity contribution is 0.0982. The molecule has 2 aromatic rings. The predicted octanol–water partition coefficient (Wildman–Crippen LogP) is 3.20. The van der Waals surface area contributed by atoms with Gasteiger partial charge in [-0.2, -0.15) is 0 Å². The van der Waals surface area contributed by atoms with Crippen molar-refractivity contribution in [2.45, 2.75) is 51.2 Å². The Labute approximate surface area is 138 Å². The van der Waals surface area contributed by atoms with E-state index < -0.39 is 0 Å². The monoisotopic (exact) mass is 313 g/mol. The predicted molar refractivity (Wildman–Crippen MR) is 92.3 cm³/mol. The lowest BCUT2D eigenvalue weighted by Gasteiger charge is -2.37. The highest BCUT2D eigenvalue weighted by molar-refractivity contribution is 5.71. The van der Waals surface area contributed by atoms with Crippen molar-refractivity contribution in [2.75, 3.05) is 26.7 Å². The van der Waals surface area contributed by atoms with Gasteiger partial charge in [0, 0.05) is 12.7 Å². The summed E-state index contributed by atoms with van der Waals surface area (Å²) in [5.41, 5.74) is 2.11. The molecule has 4 heterocycles. The summed E-state index contributed by atoms with van der Waals surface area (Å²) in [6.07, 6.45) is 8.61. The summed E-state index contributed by atoms with van der Waals surface area (Å²) in [5.74, 6) is 1.23. The molecule has 0 aromatic carbocycles. The van der Waals surface area contributed by atoms with Crippen molar-refractivity contribution in [3.8, 4) is 0 Å². The van der Waals surface area contributed by atoms with Crippen LogP contribution in [0.15, 0.2) is 18.3 Å². The number of imidazole rings is 1. The molecule has 2 saturated heterocycles. The highest BCUT2D eigenvalue weighted by Crippen LogP contribution is 2.36. The molecule has 2 fully saturated rings. The maximum Gasteiger partial charge on any atom is 0.161 e. The fourth-order valence-electron chi connectivity index (χ4n) is 4.35. The Morgan fingerprint density at radius 1 is 1.17 bits per heavy atom. The molecule has 2 atom stereocenters. The van der Waals surface area contributed by atoms with E-state index >= 15 is 0 Å². The van der Waals surface area contributed by atoms with Gasteiger partial charge < -0.3 is 0 Å². The fourth-order valence-corrected chi connectivity index (χ4v) is 4.35. The second kappa shape index (κ2) is 6.21. The molecule has 23 heavy (non-hydrogen) atoms. The lowest BCUT2D eigenvalue weighted by Crippen LogP contribution is -2.38. The van der Waals surface area contributed by atoms with Crippen molar-refractivity contribution in [1.29, 1.82) is 0 Å². The summed E-state index contributed by atoms with van der Waals surface area (Å²) in [7, 11) is 2.23. The van der Waals surface area contributed by atoms with Crippen LogP contribution >= 0.6 is 0 Å². The molecule has 2 unspecified atom stereocenters. The minimum atomic E-state index is 0.414. The molecule has 4 rings (SSSR count). The average molecular weight is 313 g/mol. The van der Waals surface area contributed by atoms with Gasteiger partial charge in [0.15, 0.2) is 5.65 Å². The van der Waals surface area contributed by atoms with Crippen LogP contribution in [-0.4, -0.2) is 51.0 Å². The zero-order valence-electron chi connectivity index (χ0n) is 14.3. The maximum atomic E-state index is 5.02. The van der Waals surface area contributed by atoms with E-state index in [0.717, 1.165) is 17.7 Å². The van der Waals surface area contributed by atoms with Crippen molar-refractivity contribution in [3.63, 3.8) is 0 Å². The molecule has 2 aromatic heterocycles. The number of hydrogen-bond donors (Lipinski definition) is 0. The highest BCUT2D eigenvalue weighted by atomic mass is 15.3. The normalized spacial score (nSPS) is 27.0. The van der Waals surface area contributed by atoms with Gasteiger partial charge >= 0.3 is 0 Å². The van der Waals surface area contributed by atoms with Crippen molar-refractivity contribution < 1.29 is 0 Å². The van der Waals surface area contributed by atoms with Crippen LogP contribution in [0.25, 0.3) is 11.2 Å². The first-order valence-electron chi connectivity index (χ1n) is 9.06. The smallest absolute Gasteiger partial charge is 0.161 e. The van der Waals surface area contributed by atoms with Crippen molar-refractivity contribution in [1.82, 2.24) is 24.3 Å². The summed E-state index contributed by atoms with van der Waals surface area (Å²) in [6.45, 7) is 5.72. The second-order valence-electron chi connectivity index (χ2n) is 6.93. The molecule has 0 amide bonds. The Kier molecular flexibility index (Phi) is 4.07. The Hall–Kier alpha value is -1.46. The zero-order chi connectivity index (χ0) is 15.8. The first-order valence-corrected chi connectivity index (χ1v) is 9.06. The molecule has 124 valence electrons. The number of hydrogen-bond acceptors (Lipinski definition) is 4. The first kappa shape index (κ1) is 15.1. The first-order chi connectivity index (χ1) is 11.3. The summed E-state index contributed by atoms with van der Waals surface area (Å²) >= 11 is 0. The van der Waals surface area contributed by atoms with Gasteiger partial charge in [-0.15, -0.1) is 0 Å². The number of pyridine rings is 1. The van der Waals surface area contributed by atoms with Gasteiger partial charge in [-0.05, 0) is 64.4 Å². The van der Waals surface area contributed by atoms with Crippen LogP contribution < -0.4 is 0 Å². The SMILES string of the molecule is CCN1CCCCC1n1c(C2CCCN2C)nc2cccnc21. The van der Waals surface area contributed by atoms with Crippen molar-refractivity contribution in [2.24, 2.45) is 0 Å². The molecule has 0 N–H and O–H groups in total. The van der Waals surface area contributed by atoms with Gasteiger partial charge in [-0.25, -0.2) is 9.97 Å². The van der Waals surface area contributed by atoms with Crippen LogP contribution in [0.1, 0.15) is 57.1 Å². The number of rotatable bonds is 3. The molecule has 2 aliphatic heterocycles. The van der Waals surface area contributed by atoms with E-state index in [9.17, 15) is 0 Å². The average Bonchev–Trinajstić information content (AvgIpc) is 3.17. The summed E-state index contributed by atoms with van der Waals surface area (Å²) < 4.78 is 2.46. The van der Waals surface area contributed by atoms with E-state index in [-0.39, 0.29) is 0 Å². The van der Waals surface area contributed by atoms with Crippen molar-refractivity contribution in [3.05, 3.63) is 24.2 Å². The minimum Gasteiger partial charge on any atom is -0.297 e. The molecule has 0 aliphatic carbocycles. The van der Waals surface area contributed by atoms with Crippen LogP contribution in [0.4, 0.5) is 0 Å². The van der Waals surface area contributed by atoms with E-state index in [1.807, 2.05) is 12.3 Å². The van der Waals surface area contributed by atoms with Crippen LogP contribution in [0.2, 0.25) is 0 Å². The van der Waals surface area contributed by atoms with Crippen LogP contribution in [-0.2, 0) is 0 Å². The molecule has 0 radical (unpaired) electrons. The second-order valence-corrected chi connectivity index (χ2v) is 6.93. The fraction of sp³-hybridized carbons (Fsp3) is 0.667. The maximum absolute atomic E-state index is 5.02. The van der Waals surface area contributed by atoms with E-state index in [2.05, 4.69) is 34.4 Å².